The van der Waals surface area contributed by atoms with Crippen LogP contribution in [-0.4, -0.2) is 63.4 Å². The van der Waals surface area contributed by atoms with E-state index in [0.717, 1.165) is 64.3 Å². The van der Waals surface area contributed by atoms with Crippen LogP contribution in [0, 0.1) is 0 Å². The number of anilines is 1. The molecule has 3 heterocycles. The highest BCUT2D eigenvalue weighted by Crippen LogP contribution is 2.29. The number of benzene rings is 2. The molecule has 0 atom stereocenters. The van der Waals surface area contributed by atoms with Crippen molar-refractivity contribution in [1.82, 2.24) is 24.0 Å². The predicted molar refractivity (Wildman–Crippen MR) is 148 cm³/mol. The van der Waals surface area contributed by atoms with Gasteiger partial charge >= 0.3 is 5.69 Å². The number of imidazole rings is 1. The molecular formula is C28H35N7O3. The maximum absolute atomic E-state index is 13.8. The number of hydrogen-bond acceptors (Lipinski definition) is 8. The zero-order valence-electron chi connectivity index (χ0n) is 21.5. The van der Waals surface area contributed by atoms with Crippen LogP contribution >= 0.6 is 0 Å². The first-order chi connectivity index (χ1) is 18.7. The molecule has 10 nitrogen and oxygen atoms in total. The zero-order valence-corrected chi connectivity index (χ0v) is 21.5. The Balaban J connectivity index is 1.33. The van der Waals surface area contributed by atoms with Gasteiger partial charge in [0.15, 0.2) is 11.5 Å². The second-order valence-corrected chi connectivity index (χ2v) is 9.51. The molecule has 1 aliphatic heterocycles. The molecule has 200 valence electrons. The first-order valence-corrected chi connectivity index (χ1v) is 13.2. The van der Waals surface area contributed by atoms with Gasteiger partial charge in [-0.3, -0.25) is 9.13 Å². The molecule has 0 spiro atoms. The molecule has 0 aliphatic carbocycles. The highest BCUT2D eigenvalue weighted by molar-refractivity contribution is 5.84. The summed E-state index contributed by atoms with van der Waals surface area (Å²) < 4.78 is 15.0. The number of nitrogen functional groups attached to an aromatic ring is 1. The number of fused-ring (bicyclic) bond motifs is 1. The van der Waals surface area contributed by atoms with E-state index < -0.39 is 0 Å². The molecule has 1 fully saturated rings. The van der Waals surface area contributed by atoms with Gasteiger partial charge in [0, 0.05) is 38.9 Å². The van der Waals surface area contributed by atoms with E-state index in [0.29, 0.717) is 29.1 Å². The van der Waals surface area contributed by atoms with Crippen LogP contribution in [0.1, 0.15) is 31.7 Å². The van der Waals surface area contributed by atoms with Crippen LogP contribution in [-0.2, 0) is 4.74 Å². The molecule has 5 rings (SSSR count). The number of nitrogens with zero attached hydrogens (tertiary/aromatic N) is 5. The van der Waals surface area contributed by atoms with Gasteiger partial charge in [0.05, 0.1) is 5.69 Å². The highest BCUT2D eigenvalue weighted by atomic mass is 16.5. The third-order valence-corrected chi connectivity index (χ3v) is 6.93. The number of para-hydroxylation sites is 1. The van der Waals surface area contributed by atoms with Gasteiger partial charge in [0.25, 0.3) is 0 Å². The largest absolute Gasteiger partial charge is 0.457 e. The number of hydrogen-bond donors (Lipinski definition) is 2. The molecule has 10 heteroatoms. The molecular weight excluding hydrogens is 482 g/mol. The van der Waals surface area contributed by atoms with Crippen LogP contribution in [0.3, 0.4) is 0 Å². The lowest BCUT2D eigenvalue weighted by Crippen LogP contribution is -2.38. The van der Waals surface area contributed by atoms with E-state index in [1.165, 1.54) is 6.33 Å². The molecule has 2 aromatic carbocycles. The van der Waals surface area contributed by atoms with Gasteiger partial charge in [0.2, 0.25) is 0 Å². The molecule has 0 saturated carbocycles. The molecule has 0 radical (unpaired) electrons. The Labute approximate surface area is 221 Å². The lowest BCUT2D eigenvalue weighted by Gasteiger charge is -2.32. The van der Waals surface area contributed by atoms with Gasteiger partial charge < -0.3 is 25.8 Å². The van der Waals surface area contributed by atoms with Crippen LogP contribution < -0.4 is 21.9 Å². The maximum atomic E-state index is 13.8. The highest BCUT2D eigenvalue weighted by Gasteiger charge is 2.27. The van der Waals surface area contributed by atoms with Crippen LogP contribution in [0.25, 0.3) is 16.9 Å². The van der Waals surface area contributed by atoms with Gasteiger partial charge in [0.1, 0.15) is 23.3 Å². The second kappa shape index (κ2) is 12.2. The minimum atomic E-state index is -0.157. The van der Waals surface area contributed by atoms with E-state index >= 15 is 0 Å². The Hall–Kier alpha value is -3.73. The van der Waals surface area contributed by atoms with Crippen molar-refractivity contribution in [3.63, 3.8) is 0 Å². The molecule has 1 saturated heterocycles. The van der Waals surface area contributed by atoms with E-state index in [2.05, 4.69) is 14.9 Å². The van der Waals surface area contributed by atoms with Crippen molar-refractivity contribution in [1.29, 1.82) is 0 Å². The molecule has 0 bridgehead atoms. The normalized spacial score (nSPS) is 14.8. The fourth-order valence-corrected chi connectivity index (χ4v) is 5.00. The van der Waals surface area contributed by atoms with Crippen molar-refractivity contribution >= 4 is 17.0 Å². The van der Waals surface area contributed by atoms with Crippen LogP contribution in [0.4, 0.5) is 5.82 Å². The number of likely N-dealkylation sites (tertiary alicyclic amines) is 1. The Kier molecular flexibility index (Phi) is 8.32. The summed E-state index contributed by atoms with van der Waals surface area (Å²) in [6, 6.07) is 17.0. The Morgan fingerprint density at radius 1 is 0.921 bits per heavy atom. The summed E-state index contributed by atoms with van der Waals surface area (Å²) in [5, 5.41) is 0. The standard InChI is InChI=1S/C28H35N7O3/c29-14-4-18-37-19-5-15-33-16-12-22(13-17-33)35-27-25(26(30)31-20-32-27)34(28(35)36)21-8-10-24(11-9-21)38-23-6-2-1-3-7-23/h1-3,6-11,20,22H,4-5,12-19,29H2,(H2,30,31,32). The van der Waals surface area contributed by atoms with Gasteiger partial charge in [-0.1, -0.05) is 18.2 Å². The van der Waals surface area contributed by atoms with Crippen molar-refractivity contribution in [3.05, 3.63) is 71.4 Å². The van der Waals surface area contributed by atoms with Crippen molar-refractivity contribution in [2.75, 3.05) is 45.1 Å². The molecule has 0 amide bonds. The number of nitrogens with two attached hydrogens (primary N) is 2. The quantitative estimate of drug-likeness (QED) is 0.290. The van der Waals surface area contributed by atoms with Crippen LogP contribution in [0.5, 0.6) is 11.5 Å². The number of aromatic nitrogens is 4. The van der Waals surface area contributed by atoms with E-state index in [1.54, 1.807) is 9.13 Å². The first-order valence-electron chi connectivity index (χ1n) is 13.2. The monoisotopic (exact) mass is 517 g/mol. The third kappa shape index (κ3) is 5.72. The van der Waals surface area contributed by atoms with Crippen molar-refractivity contribution in [2.24, 2.45) is 5.73 Å². The fraction of sp³-hybridized carbons (Fsp3) is 0.393. The van der Waals surface area contributed by atoms with E-state index in [4.69, 9.17) is 20.9 Å². The van der Waals surface area contributed by atoms with Gasteiger partial charge in [-0.25, -0.2) is 14.8 Å². The molecule has 0 unspecified atom stereocenters. The second-order valence-electron chi connectivity index (χ2n) is 9.51. The average molecular weight is 518 g/mol. The van der Waals surface area contributed by atoms with E-state index in [-0.39, 0.29) is 17.5 Å². The summed E-state index contributed by atoms with van der Waals surface area (Å²) in [6.07, 6.45) is 5.03. The van der Waals surface area contributed by atoms with Crippen molar-refractivity contribution < 1.29 is 9.47 Å². The average Bonchev–Trinajstić information content (AvgIpc) is 3.25. The fourth-order valence-electron chi connectivity index (χ4n) is 5.00. The lowest BCUT2D eigenvalue weighted by molar-refractivity contribution is 0.111. The summed E-state index contributed by atoms with van der Waals surface area (Å²) in [5.41, 5.74) is 13.4. The van der Waals surface area contributed by atoms with Crippen molar-refractivity contribution in [2.45, 2.75) is 31.7 Å². The third-order valence-electron chi connectivity index (χ3n) is 6.93. The smallest absolute Gasteiger partial charge is 0.335 e. The number of ether oxygens (including phenoxy) is 2. The zero-order chi connectivity index (χ0) is 26.3. The van der Waals surface area contributed by atoms with Crippen LogP contribution in [0.2, 0.25) is 0 Å². The van der Waals surface area contributed by atoms with E-state index in [1.807, 2.05) is 54.6 Å². The molecule has 1 aliphatic rings. The van der Waals surface area contributed by atoms with Crippen molar-refractivity contribution in [3.8, 4) is 17.2 Å². The Morgan fingerprint density at radius 3 is 2.37 bits per heavy atom. The topological polar surface area (TPSA) is 126 Å². The summed E-state index contributed by atoms with van der Waals surface area (Å²) in [5.74, 6) is 1.71. The van der Waals surface area contributed by atoms with E-state index in [9.17, 15) is 4.79 Å². The Morgan fingerprint density at radius 2 is 1.63 bits per heavy atom. The number of piperidine rings is 1. The Bertz CT molecular complexity index is 1380. The lowest BCUT2D eigenvalue weighted by atomic mass is 10.0. The molecule has 2 aromatic heterocycles. The molecule has 38 heavy (non-hydrogen) atoms. The maximum Gasteiger partial charge on any atom is 0.335 e. The SMILES string of the molecule is NCCCOCCCN1CCC(n2c(=O)n(-c3ccc(Oc4ccccc4)cc3)c3c(N)ncnc32)CC1. The minimum Gasteiger partial charge on any atom is -0.457 e. The summed E-state index contributed by atoms with van der Waals surface area (Å²) in [7, 11) is 0. The van der Waals surface area contributed by atoms with Crippen LogP contribution in [0.15, 0.2) is 65.7 Å². The summed E-state index contributed by atoms with van der Waals surface area (Å²) in [4.78, 5) is 24.9. The van der Waals surface area contributed by atoms with Gasteiger partial charge in [-0.15, -0.1) is 0 Å². The summed E-state index contributed by atoms with van der Waals surface area (Å²) >= 11 is 0. The molecule has 4 aromatic rings. The van der Waals surface area contributed by atoms with Gasteiger partial charge in [-0.2, -0.15) is 0 Å². The molecule has 4 N–H and O–H groups in total. The minimum absolute atomic E-state index is 0.0401. The van der Waals surface area contributed by atoms with Gasteiger partial charge in [-0.05, 0) is 68.6 Å². The summed E-state index contributed by atoms with van der Waals surface area (Å²) in [6.45, 7) is 4.95. The number of rotatable bonds is 11. The predicted octanol–water partition coefficient (Wildman–Crippen LogP) is 3.35. The first kappa shape index (κ1) is 25.9.